The van der Waals surface area contributed by atoms with Crippen molar-refractivity contribution >= 4 is 17.6 Å². The number of carbonyl (C=O) groups is 1. The largest absolute Gasteiger partial charge is 0.478 e. The molecule has 0 aliphatic carbocycles. The molecule has 4 heteroatoms. The zero-order valence-corrected chi connectivity index (χ0v) is 11.3. The average Bonchev–Trinajstić information content (AvgIpc) is 2.34. The van der Waals surface area contributed by atoms with E-state index in [0.717, 1.165) is 0 Å². The molecule has 0 amide bonds. The van der Waals surface area contributed by atoms with E-state index in [1.807, 2.05) is 0 Å². The van der Waals surface area contributed by atoms with E-state index < -0.39 is 5.97 Å². The number of rotatable bonds is 2. The normalized spacial score (nSPS) is 10.5. The second kappa shape index (κ2) is 5.02. The molecule has 0 atom stereocenters. The molecular formula is C15H12ClFO2. The molecule has 2 aromatic rings. The summed E-state index contributed by atoms with van der Waals surface area (Å²) in [6.45, 7) is 3.37. The van der Waals surface area contributed by atoms with Crippen LogP contribution in [0, 0.1) is 19.7 Å². The van der Waals surface area contributed by atoms with Crippen LogP contribution in [-0.4, -0.2) is 11.1 Å². The van der Waals surface area contributed by atoms with E-state index in [9.17, 15) is 9.18 Å². The highest BCUT2D eigenvalue weighted by Crippen LogP contribution is 2.31. The van der Waals surface area contributed by atoms with Crippen LogP contribution in [-0.2, 0) is 0 Å². The van der Waals surface area contributed by atoms with Crippen LogP contribution in [0.25, 0.3) is 11.1 Å². The molecule has 0 heterocycles. The lowest BCUT2D eigenvalue weighted by atomic mass is 9.98. The van der Waals surface area contributed by atoms with Crippen LogP contribution in [0.3, 0.4) is 0 Å². The van der Waals surface area contributed by atoms with Crippen LogP contribution in [0.1, 0.15) is 21.5 Å². The third-order valence-electron chi connectivity index (χ3n) is 3.03. The Balaban J connectivity index is 2.63. The fraction of sp³-hybridized carbons (Fsp3) is 0.133. The molecule has 0 aliphatic heterocycles. The first-order valence-corrected chi connectivity index (χ1v) is 6.08. The SMILES string of the molecule is Cc1cc(-c2ccc(C)c(C(=O)O)c2)c(Cl)cc1F. The fourth-order valence-corrected chi connectivity index (χ4v) is 2.16. The highest BCUT2D eigenvalue weighted by Gasteiger charge is 2.12. The number of aromatic carboxylic acids is 1. The Morgan fingerprint density at radius 2 is 1.84 bits per heavy atom. The van der Waals surface area contributed by atoms with E-state index in [1.165, 1.54) is 6.07 Å². The summed E-state index contributed by atoms with van der Waals surface area (Å²) in [5, 5.41) is 9.38. The Labute approximate surface area is 115 Å². The molecule has 19 heavy (non-hydrogen) atoms. The second-order valence-electron chi connectivity index (χ2n) is 4.42. The Hall–Kier alpha value is -1.87. The molecular weight excluding hydrogens is 267 g/mol. The summed E-state index contributed by atoms with van der Waals surface area (Å²) in [6, 6.07) is 7.91. The van der Waals surface area contributed by atoms with Gasteiger partial charge in [-0.15, -0.1) is 0 Å². The number of halogens is 2. The summed E-state index contributed by atoms with van der Waals surface area (Å²) in [7, 11) is 0. The maximum absolute atomic E-state index is 13.4. The molecule has 0 aliphatic rings. The van der Waals surface area contributed by atoms with Gasteiger partial charge in [-0.25, -0.2) is 9.18 Å². The summed E-state index contributed by atoms with van der Waals surface area (Å²) >= 11 is 6.02. The monoisotopic (exact) mass is 278 g/mol. The van der Waals surface area contributed by atoms with Crippen LogP contribution in [0.5, 0.6) is 0 Å². The van der Waals surface area contributed by atoms with Crippen LogP contribution in [0.4, 0.5) is 4.39 Å². The summed E-state index contributed by atoms with van der Waals surface area (Å²) in [6.07, 6.45) is 0. The van der Waals surface area contributed by atoms with E-state index in [-0.39, 0.29) is 16.4 Å². The highest BCUT2D eigenvalue weighted by molar-refractivity contribution is 6.33. The van der Waals surface area contributed by atoms with Crippen LogP contribution in [0.15, 0.2) is 30.3 Å². The lowest BCUT2D eigenvalue weighted by molar-refractivity contribution is 0.0696. The molecule has 0 saturated heterocycles. The molecule has 0 radical (unpaired) electrons. The second-order valence-corrected chi connectivity index (χ2v) is 4.82. The zero-order chi connectivity index (χ0) is 14.2. The summed E-state index contributed by atoms with van der Waals surface area (Å²) in [5.74, 6) is -1.37. The van der Waals surface area contributed by atoms with E-state index in [4.69, 9.17) is 16.7 Å². The van der Waals surface area contributed by atoms with Gasteiger partial charge in [0.25, 0.3) is 0 Å². The van der Waals surface area contributed by atoms with E-state index in [0.29, 0.717) is 22.3 Å². The first-order valence-electron chi connectivity index (χ1n) is 5.70. The number of carboxylic acids is 1. The van der Waals surface area contributed by atoms with Gasteiger partial charge in [0.15, 0.2) is 0 Å². The van der Waals surface area contributed by atoms with Crippen molar-refractivity contribution in [1.82, 2.24) is 0 Å². The van der Waals surface area contributed by atoms with Crippen LogP contribution in [0.2, 0.25) is 5.02 Å². The Bertz CT molecular complexity index is 665. The smallest absolute Gasteiger partial charge is 0.335 e. The van der Waals surface area contributed by atoms with Crippen molar-refractivity contribution in [3.8, 4) is 11.1 Å². The molecule has 0 bridgehead atoms. The van der Waals surface area contributed by atoms with Crippen molar-refractivity contribution in [3.63, 3.8) is 0 Å². The highest BCUT2D eigenvalue weighted by atomic mass is 35.5. The van der Waals surface area contributed by atoms with Gasteiger partial charge in [0.2, 0.25) is 0 Å². The van der Waals surface area contributed by atoms with Gasteiger partial charge in [-0.1, -0.05) is 23.7 Å². The predicted octanol–water partition coefficient (Wildman–Crippen LogP) is 4.46. The van der Waals surface area contributed by atoms with E-state index in [1.54, 1.807) is 38.1 Å². The minimum atomic E-state index is -0.991. The minimum absolute atomic E-state index is 0.218. The number of hydrogen-bond acceptors (Lipinski definition) is 1. The van der Waals surface area contributed by atoms with Crippen molar-refractivity contribution < 1.29 is 14.3 Å². The number of benzene rings is 2. The third-order valence-corrected chi connectivity index (χ3v) is 3.34. The van der Waals surface area contributed by atoms with Gasteiger partial charge in [-0.3, -0.25) is 0 Å². The molecule has 0 fully saturated rings. The van der Waals surface area contributed by atoms with Crippen molar-refractivity contribution in [2.45, 2.75) is 13.8 Å². The van der Waals surface area contributed by atoms with Gasteiger partial charge in [0, 0.05) is 5.56 Å². The predicted molar refractivity (Wildman–Crippen MR) is 73.3 cm³/mol. The molecule has 0 aromatic heterocycles. The molecule has 98 valence electrons. The summed E-state index contributed by atoms with van der Waals surface area (Å²) < 4.78 is 13.4. The van der Waals surface area contributed by atoms with Gasteiger partial charge in [0.1, 0.15) is 5.82 Å². The third kappa shape index (κ3) is 2.61. The molecule has 2 aromatic carbocycles. The lowest BCUT2D eigenvalue weighted by Gasteiger charge is -2.09. The van der Waals surface area contributed by atoms with Crippen molar-refractivity contribution in [2.24, 2.45) is 0 Å². The van der Waals surface area contributed by atoms with Crippen molar-refractivity contribution in [2.75, 3.05) is 0 Å². The minimum Gasteiger partial charge on any atom is -0.478 e. The average molecular weight is 279 g/mol. The van der Waals surface area contributed by atoms with Crippen LogP contribution < -0.4 is 0 Å². The molecule has 2 rings (SSSR count). The van der Waals surface area contributed by atoms with Gasteiger partial charge in [0.05, 0.1) is 10.6 Å². The summed E-state index contributed by atoms with van der Waals surface area (Å²) in [4.78, 5) is 11.1. The molecule has 0 unspecified atom stereocenters. The molecule has 0 spiro atoms. The van der Waals surface area contributed by atoms with E-state index >= 15 is 0 Å². The summed E-state index contributed by atoms with van der Waals surface area (Å²) in [5.41, 5.74) is 2.65. The first-order chi connectivity index (χ1) is 8.90. The number of carboxylic acid groups (broad SMARTS) is 1. The first kappa shape index (κ1) is 13.6. The topological polar surface area (TPSA) is 37.3 Å². The van der Waals surface area contributed by atoms with Gasteiger partial charge < -0.3 is 5.11 Å². The van der Waals surface area contributed by atoms with Gasteiger partial charge in [-0.2, -0.15) is 0 Å². The van der Waals surface area contributed by atoms with Crippen molar-refractivity contribution in [1.29, 1.82) is 0 Å². The van der Waals surface area contributed by atoms with Crippen LogP contribution >= 0.6 is 11.6 Å². The Kier molecular flexibility index (Phi) is 3.58. The molecule has 0 saturated carbocycles. The zero-order valence-electron chi connectivity index (χ0n) is 10.5. The van der Waals surface area contributed by atoms with Gasteiger partial charge in [-0.05, 0) is 48.7 Å². The number of aryl methyl sites for hydroxylation is 2. The van der Waals surface area contributed by atoms with Gasteiger partial charge >= 0.3 is 5.97 Å². The molecule has 1 N–H and O–H groups in total. The van der Waals surface area contributed by atoms with E-state index in [2.05, 4.69) is 0 Å². The standard InChI is InChI=1S/C15H12ClFO2/c1-8-3-4-10(6-11(8)15(18)19)12-5-9(2)14(17)7-13(12)16/h3-7H,1-2H3,(H,18,19). The maximum Gasteiger partial charge on any atom is 0.335 e. The quantitative estimate of drug-likeness (QED) is 0.880. The molecule has 2 nitrogen and oxygen atoms in total. The Morgan fingerprint density at radius 1 is 1.16 bits per heavy atom. The Morgan fingerprint density at radius 3 is 2.47 bits per heavy atom. The van der Waals surface area contributed by atoms with Crippen molar-refractivity contribution in [3.05, 3.63) is 57.9 Å². The lowest BCUT2D eigenvalue weighted by Crippen LogP contribution is -2.00. The fourth-order valence-electron chi connectivity index (χ4n) is 1.90. The number of hydrogen-bond donors (Lipinski definition) is 1. The maximum atomic E-state index is 13.4.